The highest BCUT2D eigenvalue weighted by atomic mass is 16.5. The molecule has 3 atom stereocenters. The second-order valence-electron chi connectivity index (χ2n) is 9.76. The van der Waals surface area contributed by atoms with Gasteiger partial charge in [0, 0.05) is 12.0 Å². The van der Waals surface area contributed by atoms with Crippen LogP contribution in [0.15, 0.2) is 48.5 Å². The van der Waals surface area contributed by atoms with E-state index < -0.39 is 24.0 Å². The van der Waals surface area contributed by atoms with Gasteiger partial charge < -0.3 is 20.5 Å². The molecule has 3 aliphatic rings. The SMILES string of the molecule is O=C(N[C@@H](CC1CC1)C(=O)NC1CCC(C(=O)O)C1)OCC1c2ccccc2-c2ccccc21. The first-order valence-electron chi connectivity index (χ1n) is 12.1. The molecular formula is C27H30N2O5. The number of carbonyl (C=O) groups excluding carboxylic acids is 2. The zero-order valence-corrected chi connectivity index (χ0v) is 19.0. The fraction of sp³-hybridized carbons (Fsp3) is 0.444. The summed E-state index contributed by atoms with van der Waals surface area (Å²) < 4.78 is 5.63. The third-order valence-corrected chi connectivity index (χ3v) is 7.35. The number of benzene rings is 2. The first kappa shape index (κ1) is 22.4. The van der Waals surface area contributed by atoms with Crippen molar-refractivity contribution in [2.45, 2.75) is 56.5 Å². The number of amides is 2. The quantitative estimate of drug-likeness (QED) is 0.549. The van der Waals surface area contributed by atoms with Gasteiger partial charge in [0.05, 0.1) is 5.92 Å². The highest BCUT2D eigenvalue weighted by Gasteiger charge is 2.35. The molecule has 2 amide bonds. The molecule has 7 heteroatoms. The molecule has 3 aliphatic carbocycles. The molecule has 0 aromatic heterocycles. The number of nitrogens with one attached hydrogen (secondary N) is 2. The van der Waals surface area contributed by atoms with Crippen LogP contribution in [-0.4, -0.2) is 41.8 Å². The molecule has 0 spiro atoms. The molecule has 0 heterocycles. The van der Waals surface area contributed by atoms with Crippen molar-refractivity contribution in [2.24, 2.45) is 11.8 Å². The number of carboxylic acids is 1. The van der Waals surface area contributed by atoms with E-state index in [0.717, 1.165) is 35.1 Å². The Kier molecular flexibility index (Phi) is 6.26. The lowest BCUT2D eigenvalue weighted by molar-refractivity contribution is -0.141. The van der Waals surface area contributed by atoms with E-state index in [0.29, 0.717) is 31.6 Å². The molecule has 2 fully saturated rings. The van der Waals surface area contributed by atoms with Crippen molar-refractivity contribution in [2.75, 3.05) is 6.61 Å². The van der Waals surface area contributed by atoms with Crippen LogP contribution in [0.5, 0.6) is 0 Å². The van der Waals surface area contributed by atoms with Crippen LogP contribution < -0.4 is 10.6 Å². The van der Waals surface area contributed by atoms with Gasteiger partial charge in [-0.05, 0) is 53.9 Å². The number of hydrogen-bond acceptors (Lipinski definition) is 4. The fourth-order valence-electron chi connectivity index (χ4n) is 5.34. The minimum atomic E-state index is -0.817. The molecular weight excluding hydrogens is 432 g/mol. The molecule has 7 nitrogen and oxygen atoms in total. The molecule has 2 aromatic carbocycles. The van der Waals surface area contributed by atoms with E-state index in [9.17, 15) is 19.5 Å². The third-order valence-electron chi connectivity index (χ3n) is 7.35. The van der Waals surface area contributed by atoms with Crippen molar-refractivity contribution in [3.8, 4) is 11.1 Å². The topological polar surface area (TPSA) is 105 Å². The summed E-state index contributed by atoms with van der Waals surface area (Å²) in [5.41, 5.74) is 4.60. The standard InChI is InChI=1S/C27H30N2O5/c30-25(28-18-12-11-17(14-18)26(31)32)24(13-16-9-10-16)29-27(33)34-15-23-21-7-3-1-5-19(21)20-6-2-4-8-22(20)23/h1-8,16-18,23-24H,9-15H2,(H,28,30)(H,29,33)(H,31,32)/t17?,18?,24-/m0/s1. The highest BCUT2D eigenvalue weighted by molar-refractivity contribution is 5.86. The van der Waals surface area contributed by atoms with Gasteiger partial charge >= 0.3 is 12.1 Å². The van der Waals surface area contributed by atoms with Crippen LogP contribution in [0.2, 0.25) is 0 Å². The fourth-order valence-corrected chi connectivity index (χ4v) is 5.34. The maximum absolute atomic E-state index is 12.9. The van der Waals surface area contributed by atoms with E-state index in [2.05, 4.69) is 34.9 Å². The molecule has 0 bridgehead atoms. The molecule has 34 heavy (non-hydrogen) atoms. The number of carboxylic acid groups (broad SMARTS) is 1. The van der Waals surface area contributed by atoms with Crippen molar-refractivity contribution in [1.29, 1.82) is 0 Å². The zero-order chi connectivity index (χ0) is 23.7. The lowest BCUT2D eigenvalue weighted by Crippen LogP contribution is -2.49. The van der Waals surface area contributed by atoms with Crippen molar-refractivity contribution in [1.82, 2.24) is 10.6 Å². The number of ether oxygens (including phenoxy) is 1. The number of hydrogen-bond donors (Lipinski definition) is 3. The van der Waals surface area contributed by atoms with Gasteiger partial charge in [-0.25, -0.2) is 4.79 Å². The Balaban J connectivity index is 1.20. The van der Waals surface area contributed by atoms with E-state index in [1.54, 1.807) is 0 Å². The van der Waals surface area contributed by atoms with Gasteiger partial charge in [0.25, 0.3) is 0 Å². The van der Waals surface area contributed by atoms with Crippen LogP contribution >= 0.6 is 0 Å². The van der Waals surface area contributed by atoms with Crippen LogP contribution in [0, 0.1) is 11.8 Å². The highest BCUT2D eigenvalue weighted by Crippen LogP contribution is 2.44. The van der Waals surface area contributed by atoms with Crippen LogP contribution in [-0.2, 0) is 14.3 Å². The van der Waals surface area contributed by atoms with Gasteiger partial charge in [-0.15, -0.1) is 0 Å². The normalized spacial score (nSPS) is 21.9. The van der Waals surface area contributed by atoms with E-state index in [4.69, 9.17) is 4.74 Å². The summed E-state index contributed by atoms with van der Waals surface area (Å²) in [5.74, 6) is -1.10. The first-order valence-corrected chi connectivity index (χ1v) is 12.1. The first-order chi connectivity index (χ1) is 16.5. The average Bonchev–Trinajstić information content (AvgIpc) is 3.42. The zero-order valence-electron chi connectivity index (χ0n) is 19.0. The number of carbonyl (C=O) groups is 3. The smallest absolute Gasteiger partial charge is 0.407 e. The summed E-state index contributed by atoms with van der Waals surface area (Å²) in [6, 6.07) is 15.5. The molecule has 2 unspecified atom stereocenters. The lowest BCUT2D eigenvalue weighted by Gasteiger charge is -2.22. The molecule has 2 saturated carbocycles. The van der Waals surface area contributed by atoms with E-state index in [-0.39, 0.29) is 24.5 Å². The summed E-state index contributed by atoms with van der Waals surface area (Å²) in [6.07, 6.45) is 3.73. The summed E-state index contributed by atoms with van der Waals surface area (Å²) >= 11 is 0. The Morgan fingerprint density at radius 1 is 0.941 bits per heavy atom. The average molecular weight is 463 g/mol. The van der Waals surface area contributed by atoms with Gasteiger partial charge in [0.2, 0.25) is 5.91 Å². The van der Waals surface area contributed by atoms with Crippen molar-refractivity contribution >= 4 is 18.0 Å². The number of rotatable bonds is 8. The number of alkyl carbamates (subject to hydrolysis) is 1. The van der Waals surface area contributed by atoms with Crippen molar-refractivity contribution in [3.63, 3.8) is 0 Å². The largest absolute Gasteiger partial charge is 0.481 e. The summed E-state index contributed by atoms with van der Waals surface area (Å²) in [7, 11) is 0. The van der Waals surface area contributed by atoms with Gasteiger partial charge in [-0.3, -0.25) is 9.59 Å². The van der Waals surface area contributed by atoms with Crippen LogP contribution in [0.4, 0.5) is 4.79 Å². The molecule has 5 rings (SSSR count). The lowest BCUT2D eigenvalue weighted by atomic mass is 9.98. The molecule has 178 valence electrons. The Labute approximate surface area is 198 Å². The van der Waals surface area contributed by atoms with Crippen LogP contribution in [0.25, 0.3) is 11.1 Å². The molecule has 0 aliphatic heterocycles. The van der Waals surface area contributed by atoms with Crippen molar-refractivity contribution < 1.29 is 24.2 Å². The molecule has 0 saturated heterocycles. The molecule has 2 aromatic rings. The number of aliphatic carboxylic acids is 1. The second-order valence-corrected chi connectivity index (χ2v) is 9.76. The maximum Gasteiger partial charge on any atom is 0.407 e. The van der Waals surface area contributed by atoms with E-state index in [1.807, 2.05) is 24.3 Å². The maximum atomic E-state index is 12.9. The number of fused-ring (bicyclic) bond motifs is 3. The van der Waals surface area contributed by atoms with E-state index >= 15 is 0 Å². The summed E-state index contributed by atoms with van der Waals surface area (Å²) in [5, 5.41) is 14.9. The summed E-state index contributed by atoms with van der Waals surface area (Å²) in [6.45, 7) is 0.195. The van der Waals surface area contributed by atoms with Gasteiger partial charge in [-0.1, -0.05) is 61.4 Å². The monoisotopic (exact) mass is 462 g/mol. The van der Waals surface area contributed by atoms with Crippen LogP contribution in [0.3, 0.4) is 0 Å². The van der Waals surface area contributed by atoms with E-state index in [1.165, 1.54) is 0 Å². The van der Waals surface area contributed by atoms with Crippen LogP contribution in [0.1, 0.15) is 55.6 Å². The Bertz CT molecular complexity index is 1050. The van der Waals surface area contributed by atoms with Gasteiger partial charge in [0.15, 0.2) is 0 Å². The minimum absolute atomic E-state index is 0.0414. The Hall–Kier alpha value is -3.35. The minimum Gasteiger partial charge on any atom is -0.481 e. The molecule has 3 N–H and O–H groups in total. The molecule has 0 radical (unpaired) electrons. The third kappa shape index (κ3) is 4.79. The summed E-state index contributed by atoms with van der Waals surface area (Å²) in [4.78, 5) is 36.9. The Morgan fingerprint density at radius 3 is 2.18 bits per heavy atom. The van der Waals surface area contributed by atoms with Gasteiger partial charge in [0.1, 0.15) is 12.6 Å². The predicted octanol–water partition coefficient (Wildman–Crippen LogP) is 4.06. The van der Waals surface area contributed by atoms with Gasteiger partial charge in [-0.2, -0.15) is 0 Å². The second kappa shape index (κ2) is 9.49. The Morgan fingerprint density at radius 2 is 1.59 bits per heavy atom. The van der Waals surface area contributed by atoms with Crippen molar-refractivity contribution in [3.05, 3.63) is 59.7 Å². The predicted molar refractivity (Wildman–Crippen MR) is 126 cm³/mol.